The van der Waals surface area contributed by atoms with E-state index in [1.165, 1.54) is 17.6 Å². The van der Waals surface area contributed by atoms with E-state index < -0.39 is 11.5 Å². The van der Waals surface area contributed by atoms with Gasteiger partial charge >= 0.3 is 5.97 Å². The molecule has 0 aliphatic heterocycles. The van der Waals surface area contributed by atoms with Crippen molar-refractivity contribution in [1.82, 2.24) is 4.40 Å². The minimum atomic E-state index is -1.25. The van der Waals surface area contributed by atoms with Crippen LogP contribution >= 0.6 is 0 Å². The molecule has 2 rings (SSSR count). The molecule has 0 radical (unpaired) electrons. The van der Waals surface area contributed by atoms with Gasteiger partial charge in [-0.1, -0.05) is 6.07 Å². The molecule has 16 heavy (non-hydrogen) atoms. The van der Waals surface area contributed by atoms with E-state index in [0.29, 0.717) is 11.4 Å². The van der Waals surface area contributed by atoms with Crippen LogP contribution in [0, 0.1) is 0 Å². The summed E-state index contributed by atoms with van der Waals surface area (Å²) in [7, 11) is 1.43. The number of fused-ring (bicyclic) bond motifs is 1. The molecular weight excluding hydrogens is 210 g/mol. The quantitative estimate of drug-likeness (QED) is 0.818. The third kappa shape index (κ3) is 1.42. The first-order valence-electron chi connectivity index (χ1n) is 4.57. The smallest absolute Gasteiger partial charge is 0.341 e. The predicted octanol–water partition coefficient (Wildman–Crippen LogP) is 1.01. The summed E-state index contributed by atoms with van der Waals surface area (Å²) in [6, 6.07) is 7.89. The van der Waals surface area contributed by atoms with E-state index in [1.54, 1.807) is 24.3 Å². The molecule has 0 aliphatic rings. The Hall–Kier alpha value is -2.30. The number of ether oxygens (including phenoxy) is 1. The molecule has 0 atom stereocenters. The van der Waals surface area contributed by atoms with Gasteiger partial charge in [0.25, 0.3) is 5.56 Å². The number of carboxylic acids is 1. The molecule has 5 heteroatoms. The third-order valence-corrected chi connectivity index (χ3v) is 2.28. The fourth-order valence-electron chi connectivity index (χ4n) is 1.54. The van der Waals surface area contributed by atoms with Crippen LogP contribution < -0.4 is 10.3 Å². The Morgan fingerprint density at radius 3 is 2.69 bits per heavy atom. The maximum atomic E-state index is 11.9. The van der Waals surface area contributed by atoms with Crippen LogP contribution in [0.4, 0.5) is 0 Å². The molecule has 0 aromatic carbocycles. The highest BCUT2D eigenvalue weighted by Gasteiger charge is 2.12. The summed E-state index contributed by atoms with van der Waals surface area (Å²) >= 11 is 0. The first-order chi connectivity index (χ1) is 7.65. The van der Waals surface area contributed by atoms with Crippen molar-refractivity contribution in [2.75, 3.05) is 7.11 Å². The van der Waals surface area contributed by atoms with Crippen molar-refractivity contribution in [3.8, 4) is 5.88 Å². The fraction of sp³-hybridized carbons (Fsp3) is 0.0909. The fourth-order valence-corrected chi connectivity index (χ4v) is 1.54. The van der Waals surface area contributed by atoms with E-state index in [1.807, 2.05) is 0 Å². The Morgan fingerprint density at radius 2 is 2.06 bits per heavy atom. The molecule has 2 aromatic rings. The van der Waals surface area contributed by atoms with E-state index in [4.69, 9.17) is 9.84 Å². The lowest BCUT2D eigenvalue weighted by Gasteiger charge is -2.07. The number of aromatic carboxylic acids is 1. The largest absolute Gasteiger partial charge is 0.482 e. The predicted molar refractivity (Wildman–Crippen MR) is 57.2 cm³/mol. The van der Waals surface area contributed by atoms with Gasteiger partial charge in [-0.15, -0.1) is 0 Å². The molecule has 2 aromatic heterocycles. The van der Waals surface area contributed by atoms with Crippen LogP contribution in [0.1, 0.15) is 10.4 Å². The number of hydrogen-bond acceptors (Lipinski definition) is 3. The van der Waals surface area contributed by atoms with E-state index in [2.05, 4.69) is 0 Å². The number of carboxylic acid groups (broad SMARTS) is 1. The minimum absolute atomic E-state index is 0.276. The lowest BCUT2D eigenvalue weighted by Crippen LogP contribution is -2.22. The van der Waals surface area contributed by atoms with Gasteiger partial charge in [0.05, 0.1) is 12.6 Å². The Kier molecular flexibility index (Phi) is 2.36. The average molecular weight is 219 g/mol. The Balaban J connectivity index is 2.92. The molecule has 0 amide bonds. The van der Waals surface area contributed by atoms with E-state index in [-0.39, 0.29) is 5.56 Å². The number of carbonyl (C=O) groups is 1. The Labute approximate surface area is 90.5 Å². The van der Waals surface area contributed by atoms with Gasteiger partial charge in [0.2, 0.25) is 5.88 Å². The molecule has 0 aliphatic carbocycles. The zero-order chi connectivity index (χ0) is 11.7. The topological polar surface area (TPSA) is 68.0 Å². The van der Waals surface area contributed by atoms with Gasteiger partial charge in [-0.2, -0.15) is 0 Å². The van der Waals surface area contributed by atoms with Crippen LogP contribution in [-0.2, 0) is 0 Å². The maximum Gasteiger partial charge on any atom is 0.341 e. The number of pyridine rings is 2. The van der Waals surface area contributed by atoms with Crippen molar-refractivity contribution in [2.24, 2.45) is 0 Å². The van der Waals surface area contributed by atoms with Crippen LogP contribution in [-0.4, -0.2) is 22.6 Å². The summed E-state index contributed by atoms with van der Waals surface area (Å²) in [5, 5.41) is 8.83. The normalized spacial score (nSPS) is 10.3. The monoisotopic (exact) mass is 219 g/mol. The summed E-state index contributed by atoms with van der Waals surface area (Å²) in [6.45, 7) is 0. The van der Waals surface area contributed by atoms with Gasteiger partial charge in [0, 0.05) is 0 Å². The molecule has 0 bridgehead atoms. The molecule has 0 saturated heterocycles. The van der Waals surface area contributed by atoms with E-state index in [9.17, 15) is 9.59 Å². The highest BCUT2D eigenvalue weighted by atomic mass is 16.5. The number of nitrogens with zero attached hydrogens (tertiary/aromatic N) is 1. The number of methoxy groups -OCH3 is 1. The lowest BCUT2D eigenvalue weighted by atomic mass is 10.2. The van der Waals surface area contributed by atoms with Gasteiger partial charge in [0.15, 0.2) is 0 Å². The van der Waals surface area contributed by atoms with E-state index in [0.717, 1.165) is 0 Å². The van der Waals surface area contributed by atoms with Crippen molar-refractivity contribution >= 4 is 11.5 Å². The number of aromatic nitrogens is 1. The molecule has 0 unspecified atom stereocenters. The summed E-state index contributed by atoms with van der Waals surface area (Å²) in [4.78, 5) is 22.7. The van der Waals surface area contributed by atoms with Crippen LogP contribution in [0.5, 0.6) is 5.88 Å². The highest BCUT2D eigenvalue weighted by molar-refractivity contribution is 5.87. The second-order valence-electron chi connectivity index (χ2n) is 3.19. The third-order valence-electron chi connectivity index (χ3n) is 2.28. The second kappa shape index (κ2) is 3.69. The maximum absolute atomic E-state index is 11.9. The van der Waals surface area contributed by atoms with Crippen LogP contribution in [0.3, 0.4) is 0 Å². The Bertz CT molecular complexity index is 615. The van der Waals surface area contributed by atoms with E-state index >= 15 is 0 Å². The summed E-state index contributed by atoms with van der Waals surface area (Å²) in [5.41, 5.74) is -0.279. The summed E-state index contributed by atoms with van der Waals surface area (Å²) < 4.78 is 6.24. The Morgan fingerprint density at radius 1 is 1.31 bits per heavy atom. The van der Waals surface area contributed by atoms with Crippen molar-refractivity contribution < 1.29 is 14.6 Å². The van der Waals surface area contributed by atoms with Crippen molar-refractivity contribution in [1.29, 1.82) is 0 Å². The number of hydrogen-bond donors (Lipinski definition) is 1. The zero-order valence-corrected chi connectivity index (χ0v) is 8.51. The number of rotatable bonds is 2. The molecule has 0 fully saturated rings. The average Bonchev–Trinajstić information content (AvgIpc) is 2.28. The van der Waals surface area contributed by atoms with Crippen LogP contribution in [0.2, 0.25) is 0 Å². The SMILES string of the molecule is COc1cccc2ccc(C(=O)O)c(=O)n12. The molecular formula is C11H9NO4. The van der Waals surface area contributed by atoms with Crippen molar-refractivity contribution in [2.45, 2.75) is 0 Å². The van der Waals surface area contributed by atoms with Gasteiger partial charge in [-0.25, -0.2) is 9.20 Å². The summed E-state index contributed by atoms with van der Waals surface area (Å²) in [5.74, 6) is -0.934. The lowest BCUT2D eigenvalue weighted by molar-refractivity contribution is 0.0695. The van der Waals surface area contributed by atoms with Gasteiger partial charge in [-0.05, 0) is 24.3 Å². The first-order valence-corrected chi connectivity index (χ1v) is 4.57. The van der Waals surface area contributed by atoms with Crippen LogP contribution in [0.25, 0.3) is 5.52 Å². The van der Waals surface area contributed by atoms with Crippen LogP contribution in [0.15, 0.2) is 35.1 Å². The second-order valence-corrected chi connectivity index (χ2v) is 3.19. The van der Waals surface area contributed by atoms with Gasteiger partial charge in [-0.3, -0.25) is 4.79 Å². The molecule has 82 valence electrons. The molecule has 0 saturated carbocycles. The minimum Gasteiger partial charge on any atom is -0.482 e. The summed E-state index contributed by atoms with van der Waals surface area (Å²) in [6.07, 6.45) is 0. The molecule has 5 nitrogen and oxygen atoms in total. The molecule has 2 heterocycles. The molecule has 0 spiro atoms. The first kappa shape index (κ1) is 10.2. The standard InChI is InChI=1S/C11H9NO4/c1-16-9-4-2-3-7-5-6-8(11(14)15)10(13)12(7)9/h2-6H,1H3,(H,14,15). The zero-order valence-electron chi connectivity index (χ0n) is 8.51. The van der Waals surface area contributed by atoms with Gasteiger partial charge < -0.3 is 9.84 Å². The highest BCUT2D eigenvalue weighted by Crippen LogP contribution is 2.12. The molecule has 1 N–H and O–H groups in total. The van der Waals surface area contributed by atoms with Gasteiger partial charge in [0.1, 0.15) is 5.56 Å². The van der Waals surface area contributed by atoms with Crippen molar-refractivity contribution in [3.63, 3.8) is 0 Å². The van der Waals surface area contributed by atoms with Crippen molar-refractivity contribution in [3.05, 3.63) is 46.2 Å².